The van der Waals surface area contributed by atoms with Gasteiger partial charge < -0.3 is 10.6 Å². The van der Waals surface area contributed by atoms with Crippen LogP contribution in [0.4, 0.5) is 0 Å². The minimum absolute atomic E-state index is 0. The summed E-state index contributed by atoms with van der Waals surface area (Å²) in [5.74, 6) is -0.0123. The molecule has 0 aliphatic carbocycles. The Morgan fingerprint density at radius 2 is 2.00 bits per heavy atom. The summed E-state index contributed by atoms with van der Waals surface area (Å²) < 4.78 is 0.982. The summed E-state index contributed by atoms with van der Waals surface area (Å²) in [6.45, 7) is 3.21. The molecule has 0 spiro atoms. The van der Waals surface area contributed by atoms with Crippen LogP contribution in [-0.2, 0) is 23.3 Å². The molecular weight excluding hydrogens is 384 g/mol. The maximum Gasteiger partial charge on any atom is 0.247 e. The number of halogens is 2. The number of amides is 1. The monoisotopic (exact) mass is 400 g/mol. The molecule has 1 aliphatic heterocycles. The minimum atomic E-state index is -0.992. The first-order valence-corrected chi connectivity index (χ1v) is 8.55. The van der Waals surface area contributed by atoms with Crippen molar-refractivity contribution < 1.29 is 4.79 Å². The number of nitrogens with two attached hydrogens (primary N) is 1. The molecule has 0 fully saturated rings. The number of rotatable bonds is 2. The molecule has 1 aromatic heterocycles. The first kappa shape index (κ1) is 17.5. The molecule has 3 rings (SSSR count). The average molecular weight is 402 g/mol. The van der Waals surface area contributed by atoms with Crippen LogP contribution < -0.4 is 5.73 Å². The van der Waals surface area contributed by atoms with E-state index in [1.807, 2.05) is 29.2 Å². The fraction of sp³-hybridized carbons (Fsp3) is 0.312. The highest BCUT2D eigenvalue weighted by Crippen LogP contribution is 2.28. The SMILES string of the molecule is CC(N)(C(=O)N1CCc2sccc2C1)c1ccc(Br)cc1.Cl. The molecule has 3 nitrogen and oxygen atoms in total. The normalized spacial score (nSPS) is 16.4. The second-order valence-corrected chi connectivity index (χ2v) is 7.47. The third kappa shape index (κ3) is 3.23. The summed E-state index contributed by atoms with van der Waals surface area (Å²) >= 11 is 5.17. The Bertz CT molecular complexity index is 669. The van der Waals surface area contributed by atoms with Crippen LogP contribution >= 0.6 is 39.7 Å². The van der Waals surface area contributed by atoms with E-state index in [0.717, 1.165) is 23.0 Å². The predicted octanol–water partition coefficient (Wildman–Crippen LogP) is 3.69. The highest BCUT2D eigenvalue weighted by molar-refractivity contribution is 9.10. The van der Waals surface area contributed by atoms with Crippen LogP contribution in [0.3, 0.4) is 0 Å². The van der Waals surface area contributed by atoms with Crippen molar-refractivity contribution in [3.63, 3.8) is 0 Å². The molecule has 6 heteroatoms. The maximum atomic E-state index is 12.8. The summed E-state index contributed by atoms with van der Waals surface area (Å²) in [4.78, 5) is 16.1. The van der Waals surface area contributed by atoms with Gasteiger partial charge in [-0.05, 0) is 48.1 Å². The number of thiophene rings is 1. The predicted molar refractivity (Wildman–Crippen MR) is 96.4 cm³/mol. The van der Waals surface area contributed by atoms with Gasteiger partial charge in [0.25, 0.3) is 0 Å². The molecule has 1 unspecified atom stereocenters. The lowest BCUT2D eigenvalue weighted by atomic mass is 9.91. The van der Waals surface area contributed by atoms with Crippen LogP contribution in [0.25, 0.3) is 0 Å². The zero-order chi connectivity index (χ0) is 15.0. The van der Waals surface area contributed by atoms with Gasteiger partial charge in [-0.1, -0.05) is 28.1 Å². The molecule has 118 valence electrons. The molecule has 1 aromatic carbocycles. The van der Waals surface area contributed by atoms with E-state index in [9.17, 15) is 4.79 Å². The fourth-order valence-electron chi connectivity index (χ4n) is 2.67. The molecule has 1 amide bonds. The van der Waals surface area contributed by atoms with Gasteiger partial charge in [0, 0.05) is 22.4 Å². The zero-order valence-corrected chi connectivity index (χ0v) is 15.4. The Labute approximate surface area is 149 Å². The third-order valence-electron chi connectivity index (χ3n) is 3.98. The molecule has 0 saturated carbocycles. The molecular formula is C16H18BrClN2OS. The Balaban J connectivity index is 0.00000176. The molecule has 2 N–H and O–H groups in total. The lowest BCUT2D eigenvalue weighted by Crippen LogP contribution is -2.52. The second-order valence-electron chi connectivity index (χ2n) is 5.55. The summed E-state index contributed by atoms with van der Waals surface area (Å²) in [7, 11) is 0. The van der Waals surface area contributed by atoms with Gasteiger partial charge in [-0.15, -0.1) is 23.7 Å². The lowest BCUT2D eigenvalue weighted by Gasteiger charge is -2.34. The van der Waals surface area contributed by atoms with Crippen LogP contribution in [0.5, 0.6) is 0 Å². The minimum Gasteiger partial charge on any atom is -0.336 e. The van der Waals surface area contributed by atoms with Crippen molar-refractivity contribution in [3.05, 3.63) is 56.2 Å². The summed E-state index contributed by atoms with van der Waals surface area (Å²) in [5, 5.41) is 2.09. The van der Waals surface area contributed by atoms with Crippen molar-refractivity contribution in [1.29, 1.82) is 0 Å². The van der Waals surface area contributed by atoms with Gasteiger partial charge in [0.2, 0.25) is 5.91 Å². The van der Waals surface area contributed by atoms with Gasteiger partial charge in [0.15, 0.2) is 0 Å². The van der Waals surface area contributed by atoms with Crippen molar-refractivity contribution in [2.45, 2.75) is 25.4 Å². The molecule has 0 radical (unpaired) electrons. The molecule has 22 heavy (non-hydrogen) atoms. The maximum absolute atomic E-state index is 12.8. The van der Waals surface area contributed by atoms with Gasteiger partial charge in [-0.25, -0.2) is 0 Å². The quantitative estimate of drug-likeness (QED) is 0.834. The van der Waals surface area contributed by atoms with E-state index in [1.54, 1.807) is 18.3 Å². The van der Waals surface area contributed by atoms with Gasteiger partial charge in [0.1, 0.15) is 5.54 Å². The topological polar surface area (TPSA) is 46.3 Å². The number of hydrogen-bond acceptors (Lipinski definition) is 3. The first-order valence-electron chi connectivity index (χ1n) is 6.88. The van der Waals surface area contributed by atoms with Crippen LogP contribution in [-0.4, -0.2) is 17.4 Å². The van der Waals surface area contributed by atoms with E-state index < -0.39 is 5.54 Å². The highest BCUT2D eigenvalue weighted by Gasteiger charge is 2.35. The van der Waals surface area contributed by atoms with Crippen molar-refractivity contribution in [2.75, 3.05) is 6.54 Å². The van der Waals surface area contributed by atoms with Crippen molar-refractivity contribution in [3.8, 4) is 0 Å². The van der Waals surface area contributed by atoms with Crippen molar-refractivity contribution in [2.24, 2.45) is 5.73 Å². The smallest absolute Gasteiger partial charge is 0.247 e. The largest absolute Gasteiger partial charge is 0.336 e. The van der Waals surface area contributed by atoms with E-state index in [-0.39, 0.29) is 18.3 Å². The summed E-state index contributed by atoms with van der Waals surface area (Å²) in [6.07, 6.45) is 0.926. The Kier molecular flexibility index (Phi) is 5.33. The molecule has 2 aromatic rings. The highest BCUT2D eigenvalue weighted by atomic mass is 79.9. The van der Waals surface area contributed by atoms with Crippen LogP contribution in [0.15, 0.2) is 40.2 Å². The Morgan fingerprint density at radius 3 is 2.68 bits per heavy atom. The number of benzene rings is 1. The lowest BCUT2D eigenvalue weighted by molar-refractivity contribution is -0.137. The number of carbonyl (C=O) groups excluding carboxylic acids is 1. The molecule has 1 aliphatic rings. The van der Waals surface area contributed by atoms with Crippen LogP contribution in [0.2, 0.25) is 0 Å². The fourth-order valence-corrected chi connectivity index (χ4v) is 3.82. The van der Waals surface area contributed by atoms with Gasteiger partial charge in [-0.2, -0.15) is 0 Å². The second kappa shape index (κ2) is 6.71. The third-order valence-corrected chi connectivity index (χ3v) is 5.53. The van der Waals surface area contributed by atoms with Crippen molar-refractivity contribution >= 4 is 45.6 Å². The summed E-state index contributed by atoms with van der Waals surface area (Å²) in [6, 6.07) is 9.75. The van der Waals surface area contributed by atoms with Gasteiger partial charge in [0.05, 0.1) is 0 Å². The number of fused-ring (bicyclic) bond motifs is 1. The van der Waals surface area contributed by atoms with Gasteiger partial charge in [-0.3, -0.25) is 4.79 Å². The van der Waals surface area contributed by atoms with Gasteiger partial charge >= 0.3 is 0 Å². The van der Waals surface area contributed by atoms with E-state index >= 15 is 0 Å². The standard InChI is InChI=1S/C16H17BrN2OS.ClH/c1-16(18,12-2-4-13(17)5-3-12)15(20)19-8-6-14-11(10-19)7-9-21-14;/h2-5,7,9H,6,8,10,18H2,1H3;1H. The average Bonchev–Trinajstić information content (AvgIpc) is 2.94. The Morgan fingerprint density at radius 1 is 1.32 bits per heavy atom. The van der Waals surface area contributed by atoms with Crippen molar-refractivity contribution in [1.82, 2.24) is 4.90 Å². The zero-order valence-electron chi connectivity index (χ0n) is 12.2. The number of carbonyl (C=O) groups is 1. The van der Waals surface area contributed by atoms with Crippen LogP contribution in [0.1, 0.15) is 22.9 Å². The summed E-state index contributed by atoms with van der Waals surface area (Å²) in [5.41, 5.74) is 7.46. The van der Waals surface area contributed by atoms with E-state index in [0.29, 0.717) is 6.54 Å². The van der Waals surface area contributed by atoms with E-state index in [1.165, 1.54) is 10.4 Å². The van der Waals surface area contributed by atoms with Crippen LogP contribution in [0, 0.1) is 0 Å². The number of hydrogen-bond donors (Lipinski definition) is 1. The van der Waals surface area contributed by atoms with E-state index in [2.05, 4.69) is 27.4 Å². The number of nitrogens with zero attached hydrogens (tertiary/aromatic N) is 1. The molecule has 1 atom stereocenters. The Hall–Kier alpha value is -0.880. The van der Waals surface area contributed by atoms with E-state index in [4.69, 9.17) is 5.73 Å². The molecule has 0 saturated heterocycles. The molecule has 2 heterocycles. The molecule has 0 bridgehead atoms. The first-order chi connectivity index (χ1) is 9.98.